The number of carbonyl (C=O) groups is 1. The lowest BCUT2D eigenvalue weighted by Crippen LogP contribution is -2.33. The fourth-order valence-corrected chi connectivity index (χ4v) is 3.74. The highest BCUT2D eigenvalue weighted by Gasteiger charge is 2.17. The molecule has 0 unspecified atom stereocenters. The number of amides is 1. The monoisotopic (exact) mass is 434 g/mol. The predicted octanol–water partition coefficient (Wildman–Crippen LogP) is 4.35. The van der Waals surface area contributed by atoms with Crippen molar-refractivity contribution >= 4 is 40.3 Å². The van der Waals surface area contributed by atoms with Gasteiger partial charge < -0.3 is 5.32 Å². The second kappa shape index (κ2) is 9.01. The lowest BCUT2D eigenvalue weighted by molar-refractivity contribution is -0.121. The quantitative estimate of drug-likeness (QED) is 0.600. The fourth-order valence-electron chi connectivity index (χ4n) is 3.22. The SMILES string of the molecule is CCn1c(=O)n(CC(=O)NCCC(C)C)c2ncc(-c3cc(Cl)cc(Cl)c3)cc21. The summed E-state index contributed by atoms with van der Waals surface area (Å²) < 4.78 is 3.03. The molecule has 1 aromatic carbocycles. The van der Waals surface area contributed by atoms with Crippen LogP contribution in [-0.4, -0.2) is 26.6 Å². The predicted molar refractivity (Wildman–Crippen MR) is 118 cm³/mol. The van der Waals surface area contributed by atoms with Gasteiger partial charge in [0.1, 0.15) is 6.54 Å². The number of halogens is 2. The molecule has 0 fully saturated rings. The Morgan fingerprint density at radius 2 is 1.79 bits per heavy atom. The van der Waals surface area contributed by atoms with E-state index >= 15 is 0 Å². The minimum atomic E-state index is -0.254. The van der Waals surface area contributed by atoms with Gasteiger partial charge in [-0.3, -0.25) is 13.9 Å². The Morgan fingerprint density at radius 1 is 1.10 bits per heavy atom. The molecule has 154 valence electrons. The first-order valence-electron chi connectivity index (χ1n) is 9.62. The summed E-state index contributed by atoms with van der Waals surface area (Å²) in [5.74, 6) is 0.301. The largest absolute Gasteiger partial charge is 0.355 e. The summed E-state index contributed by atoms with van der Waals surface area (Å²) in [6.45, 7) is 7.08. The third kappa shape index (κ3) is 4.82. The van der Waals surface area contributed by atoms with Crippen LogP contribution in [0.1, 0.15) is 27.2 Å². The number of aryl methyl sites for hydroxylation is 1. The second-order valence-electron chi connectivity index (χ2n) is 7.37. The maximum Gasteiger partial charge on any atom is 0.330 e. The Labute approximate surface area is 179 Å². The van der Waals surface area contributed by atoms with E-state index in [9.17, 15) is 9.59 Å². The van der Waals surface area contributed by atoms with Gasteiger partial charge in [-0.25, -0.2) is 9.78 Å². The lowest BCUT2D eigenvalue weighted by atomic mass is 10.1. The van der Waals surface area contributed by atoms with Crippen molar-refractivity contribution in [3.05, 3.63) is 51.0 Å². The molecule has 1 N–H and O–H groups in total. The topological polar surface area (TPSA) is 68.9 Å². The number of hydrogen-bond donors (Lipinski definition) is 1. The minimum Gasteiger partial charge on any atom is -0.355 e. The van der Waals surface area contributed by atoms with Crippen molar-refractivity contribution in [2.24, 2.45) is 5.92 Å². The number of imidazole rings is 1. The molecular formula is C21H24Cl2N4O2. The van der Waals surface area contributed by atoms with Gasteiger partial charge in [0.15, 0.2) is 5.65 Å². The van der Waals surface area contributed by atoms with E-state index in [4.69, 9.17) is 23.2 Å². The molecule has 3 aromatic rings. The Hall–Kier alpha value is -2.31. The molecule has 2 aromatic heterocycles. The molecule has 6 nitrogen and oxygen atoms in total. The van der Waals surface area contributed by atoms with Gasteiger partial charge in [0.25, 0.3) is 0 Å². The average Bonchev–Trinajstić information content (AvgIpc) is 2.91. The molecule has 0 radical (unpaired) electrons. The van der Waals surface area contributed by atoms with Crippen LogP contribution in [0, 0.1) is 5.92 Å². The van der Waals surface area contributed by atoms with E-state index in [0.717, 1.165) is 17.5 Å². The van der Waals surface area contributed by atoms with Crippen molar-refractivity contribution in [3.63, 3.8) is 0 Å². The summed E-state index contributed by atoms with van der Waals surface area (Å²) in [6.07, 6.45) is 2.55. The molecule has 0 aliphatic carbocycles. The summed E-state index contributed by atoms with van der Waals surface area (Å²) in [6, 6.07) is 7.13. The molecule has 8 heteroatoms. The van der Waals surface area contributed by atoms with E-state index in [1.165, 1.54) is 4.57 Å². The van der Waals surface area contributed by atoms with Gasteiger partial charge in [-0.15, -0.1) is 0 Å². The third-order valence-corrected chi connectivity index (χ3v) is 5.15. The standard InChI is InChI=1S/C21H24Cl2N4O2/c1-4-26-18-9-15(14-7-16(22)10-17(23)8-14)11-25-20(18)27(21(26)29)12-19(28)24-6-5-13(2)3/h7-11,13H,4-6,12H2,1-3H3,(H,24,28). The summed E-state index contributed by atoms with van der Waals surface area (Å²) in [5.41, 5.74) is 2.50. The molecule has 2 heterocycles. The summed E-state index contributed by atoms with van der Waals surface area (Å²) in [4.78, 5) is 29.7. The van der Waals surface area contributed by atoms with Crippen molar-refractivity contribution in [1.82, 2.24) is 19.4 Å². The molecule has 0 spiro atoms. The van der Waals surface area contributed by atoms with Crippen LogP contribution < -0.4 is 11.0 Å². The normalized spacial score (nSPS) is 11.4. The number of benzene rings is 1. The van der Waals surface area contributed by atoms with Crippen molar-refractivity contribution in [2.45, 2.75) is 40.3 Å². The van der Waals surface area contributed by atoms with E-state index in [-0.39, 0.29) is 18.1 Å². The highest BCUT2D eigenvalue weighted by Crippen LogP contribution is 2.28. The second-order valence-corrected chi connectivity index (χ2v) is 8.24. The molecule has 0 atom stereocenters. The van der Waals surface area contributed by atoms with E-state index in [1.54, 1.807) is 29.0 Å². The first kappa shape index (κ1) is 21.4. The zero-order valence-corrected chi connectivity index (χ0v) is 18.2. The van der Waals surface area contributed by atoms with Crippen LogP contribution in [0.15, 0.2) is 35.3 Å². The van der Waals surface area contributed by atoms with Crippen LogP contribution >= 0.6 is 23.2 Å². The molecule has 1 amide bonds. The Kier molecular flexibility index (Phi) is 6.65. The minimum absolute atomic E-state index is 0.0598. The van der Waals surface area contributed by atoms with E-state index in [0.29, 0.717) is 40.2 Å². The van der Waals surface area contributed by atoms with Crippen molar-refractivity contribution < 1.29 is 4.79 Å². The zero-order chi connectivity index (χ0) is 21.1. The van der Waals surface area contributed by atoms with Crippen molar-refractivity contribution in [1.29, 1.82) is 0 Å². The number of hydrogen-bond acceptors (Lipinski definition) is 3. The first-order valence-corrected chi connectivity index (χ1v) is 10.4. The van der Waals surface area contributed by atoms with Gasteiger partial charge in [-0.05, 0) is 49.1 Å². The molecule has 0 bridgehead atoms. The lowest BCUT2D eigenvalue weighted by Gasteiger charge is -2.08. The maximum absolute atomic E-state index is 12.9. The molecule has 29 heavy (non-hydrogen) atoms. The van der Waals surface area contributed by atoms with Gasteiger partial charge in [0.05, 0.1) is 5.52 Å². The summed E-state index contributed by atoms with van der Waals surface area (Å²) in [7, 11) is 0. The molecule has 0 saturated carbocycles. The van der Waals surface area contributed by atoms with Crippen LogP contribution in [0.2, 0.25) is 10.0 Å². The number of nitrogens with one attached hydrogen (secondary N) is 1. The summed E-state index contributed by atoms with van der Waals surface area (Å²) in [5, 5.41) is 3.91. The number of nitrogens with zero attached hydrogens (tertiary/aromatic N) is 3. The van der Waals surface area contributed by atoms with Crippen molar-refractivity contribution in [2.75, 3.05) is 6.54 Å². The van der Waals surface area contributed by atoms with Crippen LogP contribution in [0.4, 0.5) is 0 Å². The van der Waals surface area contributed by atoms with E-state index in [2.05, 4.69) is 24.1 Å². The highest BCUT2D eigenvalue weighted by molar-refractivity contribution is 6.35. The van der Waals surface area contributed by atoms with Crippen LogP contribution in [-0.2, 0) is 17.9 Å². The number of fused-ring (bicyclic) bond motifs is 1. The summed E-state index contributed by atoms with van der Waals surface area (Å²) >= 11 is 12.2. The Bertz CT molecular complexity index is 1080. The number of carbonyl (C=O) groups excluding carboxylic acids is 1. The van der Waals surface area contributed by atoms with Gasteiger partial charge in [0.2, 0.25) is 5.91 Å². The van der Waals surface area contributed by atoms with Crippen LogP contribution in [0.25, 0.3) is 22.3 Å². The highest BCUT2D eigenvalue weighted by atomic mass is 35.5. The molecule has 0 aliphatic heterocycles. The van der Waals surface area contributed by atoms with Gasteiger partial charge in [-0.2, -0.15) is 0 Å². The van der Waals surface area contributed by atoms with Gasteiger partial charge in [0, 0.05) is 34.9 Å². The zero-order valence-electron chi connectivity index (χ0n) is 16.7. The van der Waals surface area contributed by atoms with Gasteiger partial charge >= 0.3 is 5.69 Å². The number of pyridine rings is 1. The average molecular weight is 435 g/mol. The van der Waals surface area contributed by atoms with Crippen LogP contribution in [0.5, 0.6) is 0 Å². The van der Waals surface area contributed by atoms with Crippen LogP contribution in [0.3, 0.4) is 0 Å². The Balaban J connectivity index is 1.97. The molecule has 0 saturated heterocycles. The molecule has 3 rings (SSSR count). The van der Waals surface area contributed by atoms with Gasteiger partial charge in [-0.1, -0.05) is 37.0 Å². The fraction of sp³-hybridized carbons (Fsp3) is 0.381. The Morgan fingerprint density at radius 3 is 2.41 bits per heavy atom. The number of aromatic nitrogens is 3. The van der Waals surface area contributed by atoms with Crippen molar-refractivity contribution in [3.8, 4) is 11.1 Å². The first-order chi connectivity index (χ1) is 13.8. The van der Waals surface area contributed by atoms with E-state index < -0.39 is 0 Å². The molecular weight excluding hydrogens is 411 g/mol. The third-order valence-electron chi connectivity index (χ3n) is 4.71. The maximum atomic E-state index is 12.9. The smallest absolute Gasteiger partial charge is 0.330 e. The van der Waals surface area contributed by atoms with E-state index in [1.807, 2.05) is 13.0 Å². The molecule has 0 aliphatic rings. The number of rotatable bonds is 7.